The van der Waals surface area contributed by atoms with Gasteiger partial charge in [0, 0.05) is 24.4 Å². The lowest BCUT2D eigenvalue weighted by atomic mass is 9.62. The Morgan fingerprint density at radius 3 is 2.29 bits per heavy atom. The summed E-state index contributed by atoms with van der Waals surface area (Å²) in [6.45, 7) is 6.40. The fourth-order valence-corrected chi connectivity index (χ4v) is 8.44. The lowest BCUT2D eigenvalue weighted by molar-refractivity contribution is -0.484. The number of ether oxygens (including phenoxy) is 3. The number of rotatable bonds is 10. The van der Waals surface area contributed by atoms with Crippen molar-refractivity contribution in [2.45, 2.75) is 89.7 Å². The molecule has 6 atom stereocenters. The van der Waals surface area contributed by atoms with Crippen LogP contribution < -0.4 is 4.74 Å². The fraction of sp³-hybridized carbons (Fsp3) is 0.600. The van der Waals surface area contributed by atoms with E-state index in [1.165, 1.54) is 9.80 Å². The van der Waals surface area contributed by atoms with Crippen LogP contribution in [0.25, 0.3) is 0 Å². The zero-order valence-corrected chi connectivity index (χ0v) is 27.4. The molecule has 0 radical (unpaired) electrons. The van der Waals surface area contributed by atoms with Crippen molar-refractivity contribution in [3.05, 3.63) is 75.8 Å². The average molecular weight is 622 g/mol. The largest absolute Gasteiger partial charge is 0.497 e. The molecule has 0 N–H and O–H groups in total. The highest BCUT2D eigenvalue weighted by Gasteiger charge is 2.70. The Morgan fingerprint density at radius 1 is 1.04 bits per heavy atom. The monoisotopic (exact) mass is 621 g/mol. The van der Waals surface area contributed by atoms with Crippen molar-refractivity contribution >= 4 is 12.0 Å². The summed E-state index contributed by atoms with van der Waals surface area (Å²) in [5.41, 5.74) is 0.822. The molecule has 2 bridgehead atoms. The van der Waals surface area contributed by atoms with E-state index in [0.29, 0.717) is 23.7 Å². The number of hydrogen-bond donors (Lipinski definition) is 0. The SMILES string of the molecule is COc1ccc([C@@H](C[N+](=O)[O-])[C@H](C(=O)N(C)C)N(C(=O)OCc2ccccc2)[C@H]2CCC[C@]3(C[C@H]4CC[C@]3(C)C4(C)C)O2)cc1. The van der Waals surface area contributed by atoms with Gasteiger partial charge in [-0.15, -0.1) is 0 Å². The number of carbonyl (C=O) groups is 2. The number of likely N-dealkylation sites (N-methyl/N-ethyl adjacent to an activating group) is 1. The Labute approximate surface area is 266 Å². The lowest BCUT2D eigenvalue weighted by Crippen LogP contribution is -2.62. The number of fused-ring (bicyclic) bond motifs is 3. The average Bonchev–Trinajstić information content (AvgIpc) is 3.34. The van der Waals surface area contributed by atoms with Crippen molar-refractivity contribution in [1.82, 2.24) is 9.80 Å². The van der Waals surface area contributed by atoms with Crippen molar-refractivity contribution in [1.29, 1.82) is 0 Å². The molecule has 2 aromatic rings. The standard InChI is InChI=1S/C35H47N3O7/c1-33(2)26-18-20-34(33,3)35(21-26)19-10-13-29(45-35)38(32(40)44-23-24-11-8-7-9-12-24)30(31(39)36(4)5)28(22-37(41)42)25-14-16-27(43-6)17-15-25/h7-9,11-12,14-17,26,28-30H,10,13,18-23H2,1-6H3/t26-,28-,29-,30-,34-,35-/m1/s1. The van der Waals surface area contributed by atoms with E-state index >= 15 is 0 Å². The van der Waals surface area contributed by atoms with Crippen LogP contribution in [-0.2, 0) is 20.9 Å². The third-order valence-corrected chi connectivity index (χ3v) is 11.4. The van der Waals surface area contributed by atoms with Crippen molar-refractivity contribution in [3.63, 3.8) is 0 Å². The number of carbonyl (C=O) groups excluding carboxylic acids is 2. The first-order valence-electron chi connectivity index (χ1n) is 16.0. The Morgan fingerprint density at radius 2 is 1.73 bits per heavy atom. The van der Waals surface area contributed by atoms with Crippen LogP contribution in [0.15, 0.2) is 54.6 Å². The first-order valence-corrected chi connectivity index (χ1v) is 16.0. The smallest absolute Gasteiger partial charge is 0.412 e. The van der Waals surface area contributed by atoms with Gasteiger partial charge in [0.05, 0.1) is 18.6 Å². The Balaban J connectivity index is 1.59. The maximum Gasteiger partial charge on any atom is 0.412 e. The Bertz CT molecular complexity index is 1380. The van der Waals surface area contributed by atoms with Crippen LogP contribution in [0.5, 0.6) is 5.75 Å². The number of methoxy groups -OCH3 is 1. The normalized spacial score (nSPS) is 27.9. The number of benzene rings is 2. The summed E-state index contributed by atoms with van der Waals surface area (Å²) in [6.07, 6.45) is 3.72. The molecule has 10 nitrogen and oxygen atoms in total. The van der Waals surface area contributed by atoms with Gasteiger partial charge in [-0.25, -0.2) is 4.79 Å². The molecule has 1 heterocycles. The molecule has 2 aliphatic carbocycles. The van der Waals surface area contributed by atoms with Gasteiger partial charge in [-0.3, -0.25) is 19.8 Å². The molecule has 0 unspecified atom stereocenters. The van der Waals surface area contributed by atoms with E-state index in [4.69, 9.17) is 14.2 Å². The third kappa shape index (κ3) is 5.89. The zero-order chi connectivity index (χ0) is 32.6. The molecule has 3 aliphatic rings. The lowest BCUT2D eigenvalue weighted by Gasteiger charge is -2.54. The van der Waals surface area contributed by atoms with E-state index in [1.54, 1.807) is 45.5 Å². The van der Waals surface area contributed by atoms with E-state index in [9.17, 15) is 19.7 Å². The zero-order valence-electron chi connectivity index (χ0n) is 27.4. The molecule has 45 heavy (non-hydrogen) atoms. The van der Waals surface area contributed by atoms with Crippen molar-refractivity contribution in [3.8, 4) is 5.75 Å². The molecule has 2 aromatic carbocycles. The van der Waals surface area contributed by atoms with Gasteiger partial charge in [0.25, 0.3) is 0 Å². The molecule has 10 heteroatoms. The van der Waals surface area contributed by atoms with Crippen molar-refractivity contribution < 1.29 is 28.7 Å². The fourth-order valence-electron chi connectivity index (χ4n) is 8.44. The molecule has 5 rings (SSSR count). The highest BCUT2D eigenvalue weighted by atomic mass is 16.6. The third-order valence-electron chi connectivity index (χ3n) is 11.4. The second kappa shape index (κ2) is 12.6. The van der Waals surface area contributed by atoms with E-state index in [2.05, 4.69) is 20.8 Å². The highest BCUT2D eigenvalue weighted by Crippen LogP contribution is 2.72. The van der Waals surface area contributed by atoms with Gasteiger partial charge in [0.2, 0.25) is 12.5 Å². The van der Waals surface area contributed by atoms with E-state index < -0.39 is 47.3 Å². The minimum atomic E-state index is -1.25. The van der Waals surface area contributed by atoms with Gasteiger partial charge in [-0.1, -0.05) is 63.2 Å². The molecule has 1 spiro atoms. The number of nitrogens with zero attached hydrogens (tertiary/aromatic N) is 3. The van der Waals surface area contributed by atoms with Crippen LogP contribution in [0.4, 0.5) is 4.79 Å². The number of hydrogen-bond acceptors (Lipinski definition) is 7. The maximum absolute atomic E-state index is 14.3. The summed E-state index contributed by atoms with van der Waals surface area (Å²) >= 11 is 0. The van der Waals surface area contributed by atoms with Crippen LogP contribution >= 0.6 is 0 Å². The first-order chi connectivity index (χ1) is 21.3. The van der Waals surface area contributed by atoms with E-state index in [-0.39, 0.29) is 17.4 Å². The van der Waals surface area contributed by atoms with Gasteiger partial charge < -0.3 is 19.1 Å². The molecular weight excluding hydrogens is 574 g/mol. The summed E-state index contributed by atoms with van der Waals surface area (Å²) in [5, 5.41) is 12.2. The molecular formula is C35H47N3O7. The number of nitro groups is 1. The maximum atomic E-state index is 14.3. The molecule has 3 fully saturated rings. The summed E-state index contributed by atoms with van der Waals surface area (Å²) in [6, 6.07) is 14.9. The van der Waals surface area contributed by atoms with Gasteiger partial charge >= 0.3 is 6.09 Å². The van der Waals surface area contributed by atoms with Crippen LogP contribution in [0.2, 0.25) is 0 Å². The van der Waals surface area contributed by atoms with Crippen LogP contribution in [0, 0.1) is 26.9 Å². The van der Waals surface area contributed by atoms with Gasteiger partial charge in [0.1, 0.15) is 24.6 Å². The molecule has 0 aromatic heterocycles. The van der Waals surface area contributed by atoms with Crippen molar-refractivity contribution in [2.24, 2.45) is 16.7 Å². The molecule has 1 saturated heterocycles. The molecule has 1 aliphatic heterocycles. The van der Waals surface area contributed by atoms with E-state index in [0.717, 1.165) is 37.7 Å². The van der Waals surface area contributed by atoms with Crippen LogP contribution in [-0.4, -0.2) is 72.3 Å². The van der Waals surface area contributed by atoms with Gasteiger partial charge in [-0.2, -0.15) is 0 Å². The van der Waals surface area contributed by atoms with E-state index in [1.807, 2.05) is 30.3 Å². The summed E-state index contributed by atoms with van der Waals surface area (Å²) in [4.78, 5) is 43.1. The quantitative estimate of drug-likeness (QED) is 0.227. The highest BCUT2D eigenvalue weighted by molar-refractivity contribution is 5.86. The molecule has 2 amide bonds. The first kappa shape index (κ1) is 32.7. The predicted molar refractivity (Wildman–Crippen MR) is 169 cm³/mol. The molecule has 2 saturated carbocycles. The topological polar surface area (TPSA) is 111 Å². The van der Waals surface area contributed by atoms with Gasteiger partial charge in [0.15, 0.2) is 0 Å². The van der Waals surface area contributed by atoms with Crippen LogP contribution in [0.3, 0.4) is 0 Å². The minimum Gasteiger partial charge on any atom is -0.497 e. The summed E-state index contributed by atoms with van der Waals surface area (Å²) < 4.78 is 18.4. The second-order valence-electron chi connectivity index (χ2n) is 14.0. The second-order valence-corrected chi connectivity index (χ2v) is 14.0. The van der Waals surface area contributed by atoms with Gasteiger partial charge in [-0.05, 0) is 73.1 Å². The molecule has 244 valence electrons. The van der Waals surface area contributed by atoms with Crippen molar-refractivity contribution in [2.75, 3.05) is 27.7 Å². The summed E-state index contributed by atoms with van der Waals surface area (Å²) in [7, 11) is 4.74. The Hall–Kier alpha value is -3.66. The number of amides is 2. The van der Waals surface area contributed by atoms with Crippen LogP contribution in [0.1, 0.15) is 76.3 Å². The Kier molecular flexibility index (Phi) is 9.18. The predicted octanol–water partition coefficient (Wildman–Crippen LogP) is 6.26. The summed E-state index contributed by atoms with van der Waals surface area (Å²) in [5.74, 6) is -0.325. The minimum absolute atomic E-state index is 0.00777.